The van der Waals surface area contributed by atoms with Crippen molar-refractivity contribution in [1.82, 2.24) is 0 Å². The summed E-state index contributed by atoms with van der Waals surface area (Å²) in [5.41, 5.74) is 4.60. The number of fused-ring (bicyclic) bond motifs is 2. The van der Waals surface area contributed by atoms with Crippen molar-refractivity contribution in [1.29, 1.82) is 0 Å². The molecule has 20 heavy (non-hydrogen) atoms. The zero-order valence-corrected chi connectivity index (χ0v) is 13.7. The first-order valence-corrected chi connectivity index (χ1v) is 9.07. The van der Waals surface area contributed by atoms with E-state index in [0.717, 1.165) is 11.2 Å². The molecule has 1 aliphatic carbocycles. The maximum atomic E-state index is 3.94. The lowest BCUT2D eigenvalue weighted by atomic mass is 9.97. The molecule has 1 aliphatic heterocycles. The minimum absolute atomic E-state index is 0.544. The van der Waals surface area contributed by atoms with Crippen LogP contribution in [0.2, 0.25) is 0 Å². The number of thioether (sulfide) groups is 1. The third kappa shape index (κ3) is 2.23. The van der Waals surface area contributed by atoms with Gasteiger partial charge in [-0.15, -0.1) is 11.8 Å². The molecule has 0 N–H and O–H groups in total. The monoisotopic (exact) mass is 344 g/mol. The first kappa shape index (κ1) is 13.0. The first-order valence-electron chi connectivity index (χ1n) is 7.27. The summed E-state index contributed by atoms with van der Waals surface area (Å²) >= 11 is 6.02. The Hall–Kier alpha value is -0.730. The molecule has 1 heterocycles. The van der Waals surface area contributed by atoms with Gasteiger partial charge in [0, 0.05) is 15.0 Å². The van der Waals surface area contributed by atoms with Crippen molar-refractivity contribution in [2.45, 2.75) is 34.2 Å². The summed E-state index contributed by atoms with van der Waals surface area (Å²) in [6, 6.07) is 17.8. The molecule has 102 valence electrons. The maximum Gasteiger partial charge on any atom is 0.0429 e. The zero-order valence-electron chi connectivity index (χ0n) is 11.3. The molecule has 0 fully saturated rings. The maximum absolute atomic E-state index is 3.94. The number of hydrogen-bond acceptors (Lipinski definition) is 1. The predicted molar refractivity (Wildman–Crippen MR) is 89.7 cm³/mol. The minimum atomic E-state index is 0.544. The second-order valence-electron chi connectivity index (χ2n) is 5.85. The standard InChI is InChI=1S/C18H17BrS/c19-18-14(9-12-5-1-3-7-16(12)18)11-15-10-13-6-2-4-8-17(13)20-15/h1-8,14-15,18H,9-11H2. The Balaban J connectivity index is 1.48. The fourth-order valence-corrected chi connectivity index (χ4v) is 5.83. The summed E-state index contributed by atoms with van der Waals surface area (Å²) in [7, 11) is 0. The van der Waals surface area contributed by atoms with Crippen molar-refractivity contribution in [3.05, 3.63) is 65.2 Å². The quantitative estimate of drug-likeness (QED) is 0.657. The molecule has 0 radical (unpaired) electrons. The molecule has 2 heteroatoms. The lowest BCUT2D eigenvalue weighted by Crippen LogP contribution is -2.12. The molecule has 3 atom stereocenters. The van der Waals surface area contributed by atoms with Crippen LogP contribution in [0.5, 0.6) is 0 Å². The molecule has 2 aromatic rings. The third-order valence-electron chi connectivity index (χ3n) is 4.53. The Morgan fingerprint density at radius 2 is 1.70 bits per heavy atom. The molecule has 0 nitrogen and oxygen atoms in total. The highest BCUT2D eigenvalue weighted by Crippen LogP contribution is 2.48. The molecule has 0 bridgehead atoms. The predicted octanol–water partition coefficient (Wildman–Crippen LogP) is 5.40. The van der Waals surface area contributed by atoms with Crippen LogP contribution >= 0.6 is 27.7 Å². The Morgan fingerprint density at radius 1 is 0.950 bits per heavy atom. The lowest BCUT2D eigenvalue weighted by Gasteiger charge is -2.18. The summed E-state index contributed by atoms with van der Waals surface area (Å²) < 4.78 is 0. The van der Waals surface area contributed by atoms with Gasteiger partial charge >= 0.3 is 0 Å². The number of hydrogen-bond donors (Lipinski definition) is 0. The van der Waals surface area contributed by atoms with Crippen molar-refractivity contribution in [3.8, 4) is 0 Å². The van der Waals surface area contributed by atoms with Gasteiger partial charge < -0.3 is 0 Å². The van der Waals surface area contributed by atoms with Crippen molar-refractivity contribution in [2.24, 2.45) is 5.92 Å². The zero-order chi connectivity index (χ0) is 13.5. The SMILES string of the molecule is BrC1c2ccccc2CC1CC1Cc2ccccc2S1. The fourth-order valence-electron chi connectivity index (χ4n) is 3.55. The molecule has 0 aromatic heterocycles. The molecule has 0 spiro atoms. The number of benzene rings is 2. The third-order valence-corrected chi connectivity index (χ3v) is 7.11. The highest BCUT2D eigenvalue weighted by molar-refractivity contribution is 9.09. The topological polar surface area (TPSA) is 0 Å². The second-order valence-corrected chi connectivity index (χ2v) is 8.18. The van der Waals surface area contributed by atoms with E-state index in [1.54, 1.807) is 11.1 Å². The van der Waals surface area contributed by atoms with Gasteiger partial charge in [-0.3, -0.25) is 0 Å². The molecule has 2 aliphatic rings. The Bertz CT molecular complexity index is 612. The summed E-state index contributed by atoms with van der Waals surface area (Å²) in [6.45, 7) is 0. The lowest BCUT2D eigenvalue weighted by molar-refractivity contribution is 0.501. The average molecular weight is 345 g/mol. The Morgan fingerprint density at radius 3 is 2.50 bits per heavy atom. The van der Waals surface area contributed by atoms with Crippen molar-refractivity contribution < 1.29 is 0 Å². The van der Waals surface area contributed by atoms with E-state index in [9.17, 15) is 0 Å². The number of alkyl halides is 1. The van der Waals surface area contributed by atoms with Gasteiger partial charge in [0.2, 0.25) is 0 Å². The summed E-state index contributed by atoms with van der Waals surface area (Å²) in [5, 5.41) is 0.756. The Labute approximate surface area is 133 Å². The van der Waals surface area contributed by atoms with Crippen LogP contribution in [0.3, 0.4) is 0 Å². The average Bonchev–Trinajstić information content (AvgIpc) is 3.01. The summed E-state index contributed by atoms with van der Waals surface area (Å²) in [4.78, 5) is 2.04. The molecule has 2 aromatic carbocycles. The number of halogens is 1. The second kappa shape index (κ2) is 5.23. The van der Waals surface area contributed by atoms with Gasteiger partial charge in [0.25, 0.3) is 0 Å². The van der Waals surface area contributed by atoms with Crippen LogP contribution in [0.4, 0.5) is 0 Å². The van der Waals surface area contributed by atoms with Crippen LogP contribution in [0, 0.1) is 5.92 Å². The van der Waals surface area contributed by atoms with Gasteiger partial charge in [-0.2, -0.15) is 0 Å². The van der Waals surface area contributed by atoms with Gasteiger partial charge in [-0.25, -0.2) is 0 Å². The number of rotatable bonds is 2. The van der Waals surface area contributed by atoms with E-state index in [4.69, 9.17) is 0 Å². The van der Waals surface area contributed by atoms with Crippen molar-refractivity contribution >= 4 is 27.7 Å². The molecule has 3 unspecified atom stereocenters. The van der Waals surface area contributed by atoms with E-state index in [1.165, 1.54) is 29.7 Å². The highest BCUT2D eigenvalue weighted by Gasteiger charge is 2.33. The van der Waals surface area contributed by atoms with Crippen molar-refractivity contribution in [2.75, 3.05) is 0 Å². The molecule has 0 amide bonds. The van der Waals surface area contributed by atoms with Crippen molar-refractivity contribution in [3.63, 3.8) is 0 Å². The van der Waals surface area contributed by atoms with Gasteiger partial charge in [-0.1, -0.05) is 58.4 Å². The van der Waals surface area contributed by atoms with E-state index >= 15 is 0 Å². The summed E-state index contributed by atoms with van der Waals surface area (Å²) in [5.74, 6) is 0.749. The minimum Gasteiger partial charge on any atom is -0.122 e. The largest absolute Gasteiger partial charge is 0.122 e. The van der Waals surface area contributed by atoms with E-state index in [-0.39, 0.29) is 0 Å². The molecule has 4 rings (SSSR count). The summed E-state index contributed by atoms with van der Waals surface area (Å²) in [6.07, 6.45) is 3.79. The van der Waals surface area contributed by atoms with E-state index in [1.807, 2.05) is 0 Å². The van der Waals surface area contributed by atoms with E-state index < -0.39 is 0 Å². The smallest absolute Gasteiger partial charge is 0.0429 e. The van der Waals surface area contributed by atoms with Gasteiger partial charge in [-0.05, 0) is 47.9 Å². The van der Waals surface area contributed by atoms with Crippen LogP contribution in [0.25, 0.3) is 0 Å². The van der Waals surface area contributed by atoms with Gasteiger partial charge in [0.15, 0.2) is 0 Å². The molecule has 0 saturated carbocycles. The fraction of sp³-hybridized carbons (Fsp3) is 0.333. The first-order chi connectivity index (χ1) is 9.81. The van der Waals surface area contributed by atoms with Crippen LogP contribution in [-0.4, -0.2) is 5.25 Å². The normalized spacial score (nSPS) is 27.4. The molecular formula is C18H17BrS. The van der Waals surface area contributed by atoms with Crippen LogP contribution in [-0.2, 0) is 12.8 Å². The molecule has 0 saturated heterocycles. The van der Waals surface area contributed by atoms with Crippen LogP contribution in [0.15, 0.2) is 53.4 Å². The van der Waals surface area contributed by atoms with Gasteiger partial charge in [0.05, 0.1) is 0 Å². The molecular weight excluding hydrogens is 328 g/mol. The van der Waals surface area contributed by atoms with E-state index in [0.29, 0.717) is 4.83 Å². The van der Waals surface area contributed by atoms with E-state index in [2.05, 4.69) is 76.2 Å². The Kier molecular flexibility index (Phi) is 3.39. The van der Waals surface area contributed by atoms with Crippen LogP contribution in [0.1, 0.15) is 27.9 Å². The van der Waals surface area contributed by atoms with Gasteiger partial charge in [0.1, 0.15) is 0 Å². The van der Waals surface area contributed by atoms with Crippen LogP contribution < -0.4 is 0 Å². The highest BCUT2D eigenvalue weighted by atomic mass is 79.9.